The van der Waals surface area contributed by atoms with Crippen LogP contribution in [-0.4, -0.2) is 21.8 Å². The molecular formula is C14H15NO3S2. The number of thioether (sulfide) groups is 1. The normalized spacial score (nSPS) is 11.1. The molecule has 0 saturated heterocycles. The molecule has 0 aliphatic heterocycles. The quantitative estimate of drug-likeness (QED) is 0.862. The van der Waals surface area contributed by atoms with E-state index in [1.807, 2.05) is 18.4 Å². The number of ether oxygens (including phenoxy) is 1. The summed E-state index contributed by atoms with van der Waals surface area (Å²) in [5.74, 6) is 0.619. The second-order valence-corrected chi connectivity index (χ2v) is 6.51. The molecule has 0 atom stereocenters. The van der Waals surface area contributed by atoms with Gasteiger partial charge in [-0.3, -0.25) is 4.72 Å². The molecule has 0 radical (unpaired) electrons. The van der Waals surface area contributed by atoms with Crippen molar-refractivity contribution < 1.29 is 13.2 Å². The summed E-state index contributed by atoms with van der Waals surface area (Å²) in [6.45, 7) is 0. The van der Waals surface area contributed by atoms with Gasteiger partial charge in [-0.1, -0.05) is 12.1 Å². The third kappa shape index (κ3) is 3.26. The molecule has 2 aromatic rings. The number of benzene rings is 2. The lowest BCUT2D eigenvalue weighted by atomic mass is 10.3. The summed E-state index contributed by atoms with van der Waals surface area (Å²) >= 11 is 1.49. The Labute approximate surface area is 123 Å². The van der Waals surface area contributed by atoms with E-state index >= 15 is 0 Å². The van der Waals surface area contributed by atoms with Crippen LogP contribution in [0.2, 0.25) is 0 Å². The zero-order valence-corrected chi connectivity index (χ0v) is 12.8. The van der Waals surface area contributed by atoms with E-state index in [0.717, 1.165) is 4.90 Å². The molecule has 0 aliphatic carbocycles. The Bertz CT molecular complexity index is 682. The van der Waals surface area contributed by atoms with E-state index in [0.29, 0.717) is 11.4 Å². The van der Waals surface area contributed by atoms with Gasteiger partial charge in [0, 0.05) is 4.90 Å². The summed E-state index contributed by atoms with van der Waals surface area (Å²) < 4.78 is 32.2. The second-order valence-electron chi connectivity index (χ2n) is 3.98. The Balaban J connectivity index is 2.30. The first-order valence-electron chi connectivity index (χ1n) is 5.87. The van der Waals surface area contributed by atoms with Crippen molar-refractivity contribution in [1.82, 2.24) is 0 Å². The van der Waals surface area contributed by atoms with Gasteiger partial charge in [-0.15, -0.1) is 11.8 Å². The molecule has 6 heteroatoms. The van der Waals surface area contributed by atoms with Crippen molar-refractivity contribution >= 4 is 27.5 Å². The standard InChI is InChI=1S/C14H15NO3S2/c1-18-11-7-9-12(10-8-11)20(16,17)15-13-5-3-4-6-14(13)19-2/h3-10,15H,1-2H3. The molecule has 0 aromatic heterocycles. The first-order valence-corrected chi connectivity index (χ1v) is 8.57. The molecule has 20 heavy (non-hydrogen) atoms. The van der Waals surface area contributed by atoms with Crippen LogP contribution in [0, 0.1) is 0 Å². The summed E-state index contributed by atoms with van der Waals surface area (Å²) in [5.41, 5.74) is 0.579. The molecule has 0 saturated carbocycles. The van der Waals surface area contributed by atoms with Crippen molar-refractivity contribution in [3.8, 4) is 5.75 Å². The largest absolute Gasteiger partial charge is 0.497 e. The molecule has 0 fully saturated rings. The lowest BCUT2D eigenvalue weighted by molar-refractivity contribution is 0.414. The van der Waals surface area contributed by atoms with E-state index in [9.17, 15) is 8.42 Å². The Kier molecular flexibility index (Phi) is 4.57. The second kappa shape index (κ2) is 6.19. The van der Waals surface area contributed by atoms with Gasteiger partial charge in [-0.05, 0) is 42.7 Å². The van der Waals surface area contributed by atoms with Crippen LogP contribution in [0.5, 0.6) is 5.75 Å². The molecule has 106 valence electrons. The van der Waals surface area contributed by atoms with Gasteiger partial charge in [0.05, 0.1) is 17.7 Å². The van der Waals surface area contributed by atoms with Crippen molar-refractivity contribution in [2.45, 2.75) is 9.79 Å². The third-order valence-electron chi connectivity index (χ3n) is 2.72. The summed E-state index contributed by atoms with van der Waals surface area (Å²) in [6, 6.07) is 13.6. The van der Waals surface area contributed by atoms with Crippen molar-refractivity contribution in [2.75, 3.05) is 18.1 Å². The van der Waals surface area contributed by atoms with E-state index in [1.165, 1.54) is 31.0 Å². The summed E-state index contributed by atoms with van der Waals surface area (Å²) in [7, 11) is -2.05. The lowest BCUT2D eigenvalue weighted by Gasteiger charge is -2.11. The first-order chi connectivity index (χ1) is 9.56. The number of anilines is 1. The van der Waals surface area contributed by atoms with Crippen LogP contribution >= 0.6 is 11.8 Å². The van der Waals surface area contributed by atoms with Crippen LogP contribution in [0.15, 0.2) is 58.3 Å². The van der Waals surface area contributed by atoms with Gasteiger partial charge in [-0.2, -0.15) is 0 Å². The van der Waals surface area contributed by atoms with Gasteiger partial charge in [0.2, 0.25) is 0 Å². The van der Waals surface area contributed by atoms with Crippen LogP contribution in [0.25, 0.3) is 0 Å². The Hall–Kier alpha value is -1.66. The molecule has 0 heterocycles. The van der Waals surface area contributed by atoms with E-state index in [1.54, 1.807) is 24.3 Å². The molecule has 1 N–H and O–H groups in total. The highest BCUT2D eigenvalue weighted by Gasteiger charge is 2.15. The van der Waals surface area contributed by atoms with E-state index in [2.05, 4.69) is 4.72 Å². The van der Waals surface area contributed by atoms with Crippen LogP contribution < -0.4 is 9.46 Å². The topological polar surface area (TPSA) is 55.4 Å². The fourth-order valence-corrected chi connectivity index (χ4v) is 3.39. The lowest BCUT2D eigenvalue weighted by Crippen LogP contribution is -2.13. The fourth-order valence-electron chi connectivity index (χ4n) is 1.69. The van der Waals surface area contributed by atoms with Gasteiger partial charge < -0.3 is 4.74 Å². The van der Waals surface area contributed by atoms with E-state index in [-0.39, 0.29) is 4.90 Å². The van der Waals surface area contributed by atoms with Crippen LogP contribution in [0.1, 0.15) is 0 Å². The minimum Gasteiger partial charge on any atom is -0.497 e. The minimum absolute atomic E-state index is 0.203. The average Bonchev–Trinajstić information content (AvgIpc) is 2.47. The summed E-state index contributed by atoms with van der Waals surface area (Å²) in [5, 5.41) is 0. The summed E-state index contributed by atoms with van der Waals surface area (Å²) in [4.78, 5) is 1.08. The zero-order valence-electron chi connectivity index (χ0n) is 11.2. The van der Waals surface area contributed by atoms with Gasteiger partial charge in [0.1, 0.15) is 5.75 Å². The van der Waals surface area contributed by atoms with E-state index < -0.39 is 10.0 Å². The van der Waals surface area contributed by atoms with Gasteiger partial charge in [-0.25, -0.2) is 8.42 Å². The Morgan fingerprint density at radius 3 is 2.30 bits per heavy atom. The Morgan fingerprint density at radius 1 is 1.05 bits per heavy atom. The van der Waals surface area contributed by atoms with Gasteiger partial charge in [0.25, 0.3) is 10.0 Å². The molecular weight excluding hydrogens is 294 g/mol. The highest BCUT2D eigenvalue weighted by molar-refractivity contribution is 7.99. The maximum absolute atomic E-state index is 12.3. The van der Waals surface area contributed by atoms with Crippen LogP contribution in [0.3, 0.4) is 0 Å². The van der Waals surface area contributed by atoms with Crippen molar-refractivity contribution in [1.29, 1.82) is 0 Å². The maximum Gasteiger partial charge on any atom is 0.261 e. The van der Waals surface area contributed by atoms with Crippen molar-refractivity contribution in [2.24, 2.45) is 0 Å². The molecule has 0 unspecified atom stereocenters. The SMILES string of the molecule is COc1ccc(S(=O)(=O)Nc2ccccc2SC)cc1. The molecule has 0 amide bonds. The fraction of sp³-hybridized carbons (Fsp3) is 0.143. The molecule has 0 aliphatic rings. The number of hydrogen-bond donors (Lipinski definition) is 1. The number of sulfonamides is 1. The van der Waals surface area contributed by atoms with Crippen molar-refractivity contribution in [3.05, 3.63) is 48.5 Å². The predicted molar refractivity (Wildman–Crippen MR) is 82.0 cm³/mol. The number of nitrogens with one attached hydrogen (secondary N) is 1. The van der Waals surface area contributed by atoms with E-state index in [4.69, 9.17) is 4.74 Å². The zero-order chi connectivity index (χ0) is 14.6. The van der Waals surface area contributed by atoms with Crippen molar-refractivity contribution in [3.63, 3.8) is 0 Å². The molecule has 0 bridgehead atoms. The predicted octanol–water partition coefficient (Wildman–Crippen LogP) is 3.22. The van der Waals surface area contributed by atoms with Crippen LogP contribution in [0.4, 0.5) is 5.69 Å². The minimum atomic E-state index is -3.59. The highest BCUT2D eigenvalue weighted by Crippen LogP contribution is 2.27. The maximum atomic E-state index is 12.3. The molecule has 0 spiro atoms. The number of hydrogen-bond acceptors (Lipinski definition) is 4. The Morgan fingerprint density at radius 2 is 1.70 bits per heavy atom. The average molecular weight is 309 g/mol. The number of para-hydroxylation sites is 1. The monoisotopic (exact) mass is 309 g/mol. The number of methoxy groups -OCH3 is 1. The molecule has 4 nitrogen and oxygen atoms in total. The highest BCUT2D eigenvalue weighted by atomic mass is 32.2. The van der Waals surface area contributed by atoms with Gasteiger partial charge in [0.15, 0.2) is 0 Å². The summed E-state index contributed by atoms with van der Waals surface area (Å²) in [6.07, 6.45) is 1.90. The number of rotatable bonds is 5. The molecule has 2 rings (SSSR count). The third-order valence-corrected chi connectivity index (χ3v) is 4.90. The van der Waals surface area contributed by atoms with Crippen LogP contribution in [-0.2, 0) is 10.0 Å². The van der Waals surface area contributed by atoms with Gasteiger partial charge >= 0.3 is 0 Å². The first kappa shape index (κ1) is 14.7. The molecule has 2 aromatic carbocycles. The smallest absolute Gasteiger partial charge is 0.261 e.